The fraction of sp³-hybridized carbons (Fsp3) is 0. The number of aromatic nitrogens is 10. The van der Waals surface area contributed by atoms with Crippen molar-refractivity contribution in [3.8, 4) is 147 Å². The summed E-state index contributed by atoms with van der Waals surface area (Å²) in [6, 6.07) is 119. The molecule has 0 unspecified atom stereocenters. The Hall–Kier alpha value is -13.9. The molecule has 22 rings (SSSR count). The molecule has 22 aromatic rings. The number of hydrogen-bond donors (Lipinski definition) is 0. The van der Waals surface area contributed by atoms with Gasteiger partial charge in [0.05, 0.1) is 31.8 Å². The highest BCUT2D eigenvalue weighted by Gasteiger charge is 2.24. The van der Waals surface area contributed by atoms with Gasteiger partial charge in [-0.25, -0.2) is 49.8 Å². The molecule has 0 N–H and O–H groups in total. The first-order chi connectivity index (χ1) is 55.4. The van der Waals surface area contributed by atoms with E-state index in [2.05, 4.69) is 218 Å². The van der Waals surface area contributed by atoms with E-state index in [4.69, 9.17) is 49.8 Å². The number of thiophene rings is 4. The van der Waals surface area contributed by atoms with Crippen LogP contribution in [0, 0.1) is 0 Å². The smallest absolute Gasteiger partial charge is 0.165 e. The summed E-state index contributed by atoms with van der Waals surface area (Å²) < 4.78 is 9.03. The molecule has 0 amide bonds. The molecule has 8 heterocycles. The Morgan fingerprint density at radius 2 is 0.527 bits per heavy atom. The van der Waals surface area contributed by atoms with Gasteiger partial charge in [0.2, 0.25) is 0 Å². The summed E-state index contributed by atoms with van der Waals surface area (Å²) >= 11 is 7.04. The predicted octanol–water partition coefficient (Wildman–Crippen LogP) is 26.8. The summed E-state index contributed by atoms with van der Waals surface area (Å²) in [6.07, 6.45) is 0. The summed E-state index contributed by atoms with van der Waals surface area (Å²) in [5.74, 6) is 5.12. The van der Waals surface area contributed by atoms with Gasteiger partial charge in [0.1, 0.15) is 0 Å². The molecule has 14 aromatic carbocycles. The lowest BCUT2D eigenvalue weighted by atomic mass is 9.97. The van der Waals surface area contributed by atoms with E-state index in [1.54, 1.807) is 45.3 Å². The molecule has 0 saturated carbocycles. The molecule has 0 bridgehead atoms. The molecular formula is C98H56N10S4. The zero-order valence-electron chi connectivity index (χ0n) is 59.4. The average Bonchev–Trinajstić information content (AvgIpc) is 1.48. The second-order valence-electron chi connectivity index (χ2n) is 27.7. The third-order valence-electron chi connectivity index (χ3n) is 20.9. The second-order valence-corrected chi connectivity index (χ2v) is 31.9. The van der Waals surface area contributed by atoms with Gasteiger partial charge in [-0.1, -0.05) is 291 Å². The van der Waals surface area contributed by atoms with E-state index in [-0.39, 0.29) is 0 Å². The molecule has 0 aliphatic heterocycles. The molecule has 0 radical (unpaired) electrons. The van der Waals surface area contributed by atoms with Crippen molar-refractivity contribution in [2.45, 2.75) is 0 Å². The van der Waals surface area contributed by atoms with E-state index in [1.165, 1.54) is 30.3 Å². The Morgan fingerprint density at radius 1 is 0.161 bits per heavy atom. The molecule has 0 saturated heterocycles. The first-order valence-electron chi connectivity index (χ1n) is 36.9. The number of hydrogen-bond acceptors (Lipinski definition) is 14. The van der Waals surface area contributed by atoms with Gasteiger partial charge in [0, 0.05) is 116 Å². The van der Waals surface area contributed by atoms with Crippen LogP contribution < -0.4 is 0 Å². The molecule has 522 valence electrons. The third-order valence-corrected chi connectivity index (χ3v) is 25.6. The molecule has 0 atom stereocenters. The lowest BCUT2D eigenvalue weighted by molar-refractivity contribution is 1.07. The zero-order valence-corrected chi connectivity index (χ0v) is 62.7. The minimum Gasteiger partial charge on any atom is -0.226 e. The van der Waals surface area contributed by atoms with Crippen LogP contribution in [0.5, 0.6) is 0 Å². The standard InChI is InChI=1S/C98H56N10S4/c1-6-23-58(24-7-1)83-90-86(102-96(99-83)67-35-18-33-65(53-67)70-38-22-44-80-82(70)75-41-21-42-76(88(75)111-80)98-107-93(62-29-12-4-13-30-62)104-94(108-98)63-31-14-5-15-32-63)77-55-64(50-52-79(77)110-90)57-45-47-59(48-46-57)84-89-85(74-37-16-17-43-78(74)109-89)101-95(100-84)68-36-19-34-66(54-68)71-39-20-40-73-72-51-49-69(56-81(72)112-87(71)73)97-105-91(60-25-8-2-9-26-60)103-92(106-97)61-27-10-3-11-28-61/h1-56H. The monoisotopic (exact) mass is 1500 g/mol. The van der Waals surface area contributed by atoms with E-state index >= 15 is 0 Å². The van der Waals surface area contributed by atoms with Crippen molar-refractivity contribution >= 4 is 126 Å². The van der Waals surface area contributed by atoms with E-state index in [9.17, 15) is 0 Å². The van der Waals surface area contributed by atoms with Crippen LogP contribution in [0.2, 0.25) is 0 Å². The highest BCUT2D eigenvalue weighted by atomic mass is 32.1. The molecule has 0 aliphatic rings. The quantitative estimate of drug-likeness (QED) is 0.110. The minimum absolute atomic E-state index is 0.628. The van der Waals surface area contributed by atoms with Crippen molar-refractivity contribution in [1.82, 2.24) is 49.8 Å². The topological polar surface area (TPSA) is 129 Å². The summed E-state index contributed by atoms with van der Waals surface area (Å²) in [5.41, 5.74) is 19.8. The summed E-state index contributed by atoms with van der Waals surface area (Å²) in [4.78, 5) is 52.5. The Morgan fingerprint density at radius 3 is 1.12 bits per heavy atom. The van der Waals surface area contributed by atoms with Crippen molar-refractivity contribution in [2.75, 3.05) is 0 Å². The third kappa shape index (κ3) is 11.5. The molecule has 14 heteroatoms. The summed E-state index contributed by atoms with van der Waals surface area (Å²) in [5, 5.41) is 6.88. The number of fused-ring (bicyclic) bond motifs is 12. The fourth-order valence-corrected chi connectivity index (χ4v) is 20.2. The first kappa shape index (κ1) is 65.2. The van der Waals surface area contributed by atoms with Gasteiger partial charge < -0.3 is 0 Å². The highest BCUT2D eigenvalue weighted by Crippen LogP contribution is 2.48. The maximum Gasteiger partial charge on any atom is 0.165 e. The number of rotatable bonds is 13. The molecule has 8 aromatic heterocycles. The Bertz CT molecular complexity index is 7380. The van der Waals surface area contributed by atoms with Crippen LogP contribution in [-0.4, -0.2) is 49.8 Å². The lowest BCUT2D eigenvalue weighted by Crippen LogP contribution is -2.00. The van der Waals surface area contributed by atoms with Crippen molar-refractivity contribution in [1.29, 1.82) is 0 Å². The van der Waals surface area contributed by atoms with Gasteiger partial charge in [0.15, 0.2) is 46.6 Å². The van der Waals surface area contributed by atoms with E-state index < -0.39 is 0 Å². The Labute approximate surface area is 657 Å². The van der Waals surface area contributed by atoms with E-state index in [0.29, 0.717) is 46.6 Å². The van der Waals surface area contributed by atoms with E-state index in [0.717, 1.165) is 151 Å². The van der Waals surface area contributed by atoms with Crippen molar-refractivity contribution in [2.24, 2.45) is 0 Å². The molecule has 112 heavy (non-hydrogen) atoms. The van der Waals surface area contributed by atoms with Crippen LogP contribution in [0.1, 0.15) is 0 Å². The SMILES string of the molecule is c1ccc(-c2nc(-c3ccccc3)nc(-c3ccc4c(c3)sc3c(-c5cccc(-c6nc(-c7ccc(-c8ccc9sc%10c(-c%11ccccc%11)nc(-c%11cccc(-c%12cccc%13sc%14c(-c%15nc(-c%16ccccc%16)nc(-c%16ccccc%16)n%15)cccc%14c%12%13)c%11)nc%10c9c8)cc7)c7sc8ccccc8c7n6)c5)cccc34)n2)cc1. The Kier molecular flexibility index (Phi) is 15.8. The van der Waals surface area contributed by atoms with Gasteiger partial charge in [-0.05, 0) is 81.9 Å². The van der Waals surface area contributed by atoms with Crippen molar-refractivity contribution in [3.63, 3.8) is 0 Å². The Balaban J connectivity index is 0.602. The normalized spacial score (nSPS) is 11.8. The fourth-order valence-electron chi connectivity index (χ4n) is 15.4. The molecular weight excluding hydrogens is 1450 g/mol. The lowest BCUT2D eigenvalue weighted by Gasteiger charge is -2.10. The van der Waals surface area contributed by atoms with Crippen LogP contribution in [0.15, 0.2) is 340 Å². The van der Waals surface area contributed by atoms with Crippen LogP contribution in [0.25, 0.3) is 228 Å². The molecule has 10 nitrogen and oxygen atoms in total. The van der Waals surface area contributed by atoms with Gasteiger partial charge in [-0.2, -0.15) is 0 Å². The molecule has 0 fully saturated rings. The largest absolute Gasteiger partial charge is 0.226 e. The highest BCUT2D eigenvalue weighted by molar-refractivity contribution is 7.27. The van der Waals surface area contributed by atoms with Gasteiger partial charge in [-0.3, -0.25) is 0 Å². The number of nitrogens with zero attached hydrogens (tertiary/aromatic N) is 10. The zero-order chi connectivity index (χ0) is 73.7. The van der Waals surface area contributed by atoms with Crippen molar-refractivity contribution in [3.05, 3.63) is 340 Å². The maximum absolute atomic E-state index is 5.57. The van der Waals surface area contributed by atoms with Gasteiger partial charge in [-0.15, -0.1) is 45.3 Å². The second kappa shape index (κ2) is 27.1. The summed E-state index contributed by atoms with van der Waals surface area (Å²) in [6.45, 7) is 0. The van der Waals surface area contributed by atoms with Crippen LogP contribution in [-0.2, 0) is 0 Å². The molecule has 0 spiro atoms. The van der Waals surface area contributed by atoms with Gasteiger partial charge >= 0.3 is 0 Å². The van der Waals surface area contributed by atoms with Crippen molar-refractivity contribution < 1.29 is 0 Å². The van der Waals surface area contributed by atoms with E-state index in [1.807, 2.05) is 121 Å². The van der Waals surface area contributed by atoms with Crippen LogP contribution in [0.4, 0.5) is 0 Å². The number of benzene rings is 14. The summed E-state index contributed by atoms with van der Waals surface area (Å²) in [7, 11) is 0. The first-order valence-corrected chi connectivity index (χ1v) is 40.2. The van der Waals surface area contributed by atoms with Crippen LogP contribution >= 0.6 is 45.3 Å². The maximum atomic E-state index is 5.57. The van der Waals surface area contributed by atoms with Crippen LogP contribution in [0.3, 0.4) is 0 Å². The minimum atomic E-state index is 0.628. The predicted molar refractivity (Wildman–Crippen MR) is 467 cm³/mol. The molecule has 0 aliphatic carbocycles. The average molecular weight is 1500 g/mol. The van der Waals surface area contributed by atoms with Gasteiger partial charge in [0.25, 0.3) is 0 Å².